The van der Waals surface area contributed by atoms with Crippen LogP contribution in [0.2, 0.25) is 0 Å². The maximum atomic E-state index is 12.3. The molecule has 0 bridgehead atoms. The highest BCUT2D eigenvalue weighted by Crippen LogP contribution is 2.16. The molecule has 5 N–H and O–H groups in total. The molecule has 9 heteroatoms. The number of aliphatic hydroxyl groups is 1. The monoisotopic (exact) mass is 470 g/mol. The first-order valence-corrected chi connectivity index (χ1v) is 11.3. The van der Waals surface area contributed by atoms with E-state index in [4.69, 9.17) is 4.74 Å². The van der Waals surface area contributed by atoms with Gasteiger partial charge in [0.1, 0.15) is 24.6 Å². The maximum absolute atomic E-state index is 12.3. The van der Waals surface area contributed by atoms with Gasteiger partial charge in [-0.15, -0.1) is 0 Å². The average Bonchev–Trinajstić information content (AvgIpc) is 2.82. The van der Waals surface area contributed by atoms with Crippen molar-refractivity contribution in [2.24, 2.45) is 0 Å². The number of hydrogen-bond acceptors (Lipinski definition) is 6. The third-order valence-corrected chi connectivity index (χ3v) is 4.90. The minimum absolute atomic E-state index is 0.101. The van der Waals surface area contributed by atoms with Gasteiger partial charge in [0.2, 0.25) is 17.7 Å². The SMILES string of the molecule is CCC(=O)NC(CNCC(O)COc1ccccc1C)NC(=O)CNC(=O)Cc1ccccc1. The Hall–Kier alpha value is -3.43. The second kappa shape index (κ2) is 14.7. The number of carbonyl (C=O) groups excluding carboxylic acids is 3. The van der Waals surface area contributed by atoms with Crippen LogP contribution in [-0.4, -0.2) is 61.3 Å². The number of benzene rings is 2. The molecule has 2 aromatic carbocycles. The van der Waals surface area contributed by atoms with Crippen molar-refractivity contribution in [1.29, 1.82) is 0 Å². The Labute approximate surface area is 200 Å². The fraction of sp³-hybridized carbons (Fsp3) is 0.400. The van der Waals surface area contributed by atoms with Gasteiger partial charge in [-0.05, 0) is 24.1 Å². The Balaban J connectivity index is 1.74. The number of rotatable bonds is 14. The lowest BCUT2D eigenvalue weighted by molar-refractivity contribution is -0.127. The molecule has 0 saturated heterocycles. The van der Waals surface area contributed by atoms with E-state index in [1.807, 2.05) is 61.5 Å². The summed E-state index contributed by atoms with van der Waals surface area (Å²) in [5.74, 6) is -0.238. The van der Waals surface area contributed by atoms with Gasteiger partial charge < -0.3 is 31.1 Å². The molecule has 0 aliphatic carbocycles. The smallest absolute Gasteiger partial charge is 0.241 e. The molecular weight excluding hydrogens is 436 g/mol. The highest BCUT2D eigenvalue weighted by molar-refractivity contribution is 5.86. The molecule has 2 aromatic rings. The number of hydrogen-bond donors (Lipinski definition) is 5. The van der Waals surface area contributed by atoms with Gasteiger partial charge >= 0.3 is 0 Å². The zero-order valence-corrected chi connectivity index (χ0v) is 19.7. The summed E-state index contributed by atoms with van der Waals surface area (Å²) in [6, 6.07) is 16.8. The van der Waals surface area contributed by atoms with E-state index in [0.717, 1.165) is 11.1 Å². The molecule has 2 unspecified atom stereocenters. The molecule has 9 nitrogen and oxygen atoms in total. The first-order chi connectivity index (χ1) is 16.4. The minimum atomic E-state index is -0.782. The summed E-state index contributed by atoms with van der Waals surface area (Å²) >= 11 is 0. The van der Waals surface area contributed by atoms with Crippen LogP contribution in [0.1, 0.15) is 24.5 Å². The summed E-state index contributed by atoms with van der Waals surface area (Å²) in [6.07, 6.45) is -1.05. The Morgan fingerprint density at radius 1 is 0.912 bits per heavy atom. The van der Waals surface area contributed by atoms with Crippen molar-refractivity contribution in [3.05, 3.63) is 65.7 Å². The number of carbonyl (C=O) groups is 3. The third-order valence-electron chi connectivity index (χ3n) is 4.90. The van der Waals surface area contributed by atoms with E-state index in [2.05, 4.69) is 21.3 Å². The van der Waals surface area contributed by atoms with E-state index in [0.29, 0.717) is 5.75 Å². The summed E-state index contributed by atoms with van der Waals surface area (Å²) in [7, 11) is 0. The van der Waals surface area contributed by atoms with Crippen molar-refractivity contribution in [1.82, 2.24) is 21.3 Å². The summed E-state index contributed by atoms with van der Waals surface area (Å²) in [5.41, 5.74) is 1.83. The van der Waals surface area contributed by atoms with Crippen LogP contribution in [0.4, 0.5) is 0 Å². The van der Waals surface area contributed by atoms with Gasteiger partial charge in [0.15, 0.2) is 0 Å². The van der Waals surface area contributed by atoms with Crippen LogP contribution >= 0.6 is 0 Å². The lowest BCUT2D eigenvalue weighted by Gasteiger charge is -2.22. The summed E-state index contributed by atoms with van der Waals surface area (Å²) in [5, 5.41) is 21.2. The van der Waals surface area contributed by atoms with E-state index in [-0.39, 0.29) is 50.9 Å². The zero-order valence-electron chi connectivity index (χ0n) is 19.7. The molecule has 0 fully saturated rings. The Bertz CT molecular complexity index is 923. The predicted octanol–water partition coefficient (Wildman–Crippen LogP) is 0.652. The molecule has 2 rings (SSSR count). The first kappa shape index (κ1) is 26.8. The molecule has 0 radical (unpaired) electrons. The van der Waals surface area contributed by atoms with Gasteiger partial charge in [-0.2, -0.15) is 0 Å². The lowest BCUT2D eigenvalue weighted by atomic mass is 10.1. The molecule has 0 heterocycles. The van der Waals surface area contributed by atoms with Gasteiger partial charge in [-0.1, -0.05) is 55.5 Å². The van der Waals surface area contributed by atoms with Gasteiger partial charge in [0.25, 0.3) is 0 Å². The van der Waals surface area contributed by atoms with Crippen molar-refractivity contribution >= 4 is 17.7 Å². The molecule has 3 amide bonds. The Morgan fingerprint density at radius 2 is 1.59 bits per heavy atom. The third kappa shape index (κ3) is 10.5. The number of amides is 3. The average molecular weight is 471 g/mol. The Morgan fingerprint density at radius 3 is 2.29 bits per heavy atom. The number of para-hydroxylation sites is 1. The molecule has 0 aliphatic rings. The van der Waals surface area contributed by atoms with Crippen molar-refractivity contribution in [3.8, 4) is 5.75 Å². The first-order valence-electron chi connectivity index (χ1n) is 11.3. The van der Waals surface area contributed by atoms with E-state index in [1.54, 1.807) is 6.92 Å². The van der Waals surface area contributed by atoms with Gasteiger partial charge in [-0.3, -0.25) is 14.4 Å². The quantitative estimate of drug-likeness (QED) is 0.258. The number of nitrogens with one attached hydrogen (secondary N) is 4. The topological polar surface area (TPSA) is 129 Å². The van der Waals surface area contributed by atoms with Crippen molar-refractivity contribution < 1.29 is 24.2 Å². The minimum Gasteiger partial charge on any atom is -0.491 e. The molecular formula is C25H34N4O5. The Kier molecular flexibility index (Phi) is 11.6. The summed E-state index contributed by atoms with van der Waals surface area (Å²) < 4.78 is 5.63. The van der Waals surface area contributed by atoms with Crippen LogP contribution in [0.3, 0.4) is 0 Å². The highest BCUT2D eigenvalue weighted by atomic mass is 16.5. The molecule has 0 saturated carbocycles. The number of ether oxygens (including phenoxy) is 1. The van der Waals surface area contributed by atoms with E-state index in [9.17, 15) is 19.5 Å². The van der Waals surface area contributed by atoms with Crippen molar-refractivity contribution in [2.45, 2.75) is 39.0 Å². The molecule has 184 valence electrons. The summed E-state index contributed by atoms with van der Waals surface area (Å²) in [6.45, 7) is 3.91. The van der Waals surface area contributed by atoms with Crippen molar-refractivity contribution in [2.75, 3.05) is 26.2 Å². The van der Waals surface area contributed by atoms with Gasteiger partial charge in [-0.25, -0.2) is 0 Å². The molecule has 0 spiro atoms. The van der Waals surface area contributed by atoms with E-state index < -0.39 is 18.2 Å². The normalized spacial score (nSPS) is 12.3. The lowest BCUT2D eigenvalue weighted by Crippen LogP contribution is -2.55. The van der Waals surface area contributed by atoms with Gasteiger partial charge in [0, 0.05) is 19.5 Å². The van der Waals surface area contributed by atoms with Crippen molar-refractivity contribution in [3.63, 3.8) is 0 Å². The fourth-order valence-electron chi connectivity index (χ4n) is 3.06. The van der Waals surface area contributed by atoms with Crippen LogP contribution in [0.15, 0.2) is 54.6 Å². The maximum Gasteiger partial charge on any atom is 0.241 e. The largest absolute Gasteiger partial charge is 0.491 e. The highest BCUT2D eigenvalue weighted by Gasteiger charge is 2.16. The standard InChI is InChI=1S/C25H34N4O5/c1-3-23(31)28-22(15-26-14-20(30)17-34-21-12-8-7-9-18(21)2)29-25(33)16-27-24(32)13-19-10-5-4-6-11-19/h4-12,20,22,26,30H,3,13-17H2,1-2H3,(H,27,32)(H,28,31)(H,29,33). The molecule has 2 atom stereocenters. The molecule has 0 aliphatic heterocycles. The summed E-state index contributed by atoms with van der Waals surface area (Å²) in [4.78, 5) is 36.2. The number of aliphatic hydroxyl groups excluding tert-OH is 1. The van der Waals surface area contributed by atoms with E-state index in [1.165, 1.54) is 0 Å². The van der Waals surface area contributed by atoms with Crippen LogP contribution in [0, 0.1) is 6.92 Å². The van der Waals surface area contributed by atoms with Crippen LogP contribution < -0.4 is 26.0 Å². The second-order valence-corrected chi connectivity index (χ2v) is 7.87. The van der Waals surface area contributed by atoms with Crippen LogP contribution in [0.5, 0.6) is 5.75 Å². The second-order valence-electron chi connectivity index (χ2n) is 7.87. The van der Waals surface area contributed by atoms with E-state index >= 15 is 0 Å². The number of aryl methyl sites for hydroxylation is 1. The molecule has 34 heavy (non-hydrogen) atoms. The van der Waals surface area contributed by atoms with Gasteiger partial charge in [0.05, 0.1) is 13.0 Å². The van der Waals surface area contributed by atoms with Crippen LogP contribution in [0.25, 0.3) is 0 Å². The van der Waals surface area contributed by atoms with Crippen LogP contribution in [-0.2, 0) is 20.8 Å². The zero-order chi connectivity index (χ0) is 24.8. The predicted molar refractivity (Wildman–Crippen MR) is 129 cm³/mol. The fourth-order valence-corrected chi connectivity index (χ4v) is 3.06. The molecule has 0 aromatic heterocycles.